The van der Waals surface area contributed by atoms with Crippen LogP contribution in [0.5, 0.6) is 0 Å². The number of hydrogen-bond donors (Lipinski definition) is 2. The molecule has 2 rings (SSSR count). The van der Waals surface area contributed by atoms with E-state index in [1.165, 1.54) is 13.0 Å². The second-order valence-corrected chi connectivity index (χ2v) is 4.27. The number of para-hydroxylation sites is 1. The summed E-state index contributed by atoms with van der Waals surface area (Å²) in [6.45, 7) is 4.32. The minimum atomic E-state index is -0.989. The topological polar surface area (TPSA) is 84.2 Å². The molecule has 0 aliphatic heterocycles. The van der Waals surface area contributed by atoms with Gasteiger partial charge in [-0.2, -0.15) is 0 Å². The third kappa shape index (κ3) is 2.57. The number of carbonyl (C=O) groups excluding carboxylic acids is 1. The summed E-state index contributed by atoms with van der Waals surface area (Å²) in [6.07, 6.45) is 0. The highest BCUT2D eigenvalue weighted by molar-refractivity contribution is 6.01. The molecule has 0 bridgehead atoms. The first kappa shape index (κ1) is 13.1. The Morgan fingerprint density at radius 3 is 2.79 bits per heavy atom. The lowest BCUT2D eigenvalue weighted by molar-refractivity contribution is -0.118. The highest BCUT2D eigenvalue weighted by Crippen LogP contribution is 2.19. The zero-order valence-corrected chi connectivity index (χ0v) is 10.8. The molecule has 1 aromatic heterocycles. The van der Waals surface area contributed by atoms with Crippen LogP contribution in [0, 0.1) is 6.92 Å². The van der Waals surface area contributed by atoms with Crippen molar-refractivity contribution in [2.24, 2.45) is 0 Å². The van der Waals surface area contributed by atoms with E-state index in [4.69, 9.17) is 5.11 Å². The summed E-state index contributed by atoms with van der Waals surface area (Å²) in [5, 5.41) is 11.8. The third-order valence-corrected chi connectivity index (χ3v) is 2.91. The maximum Gasteiger partial charge on any atom is 0.337 e. The summed E-state index contributed by atoms with van der Waals surface area (Å²) >= 11 is 0. The molecule has 1 heterocycles. The number of rotatable bonds is 4. The Bertz CT molecular complexity index is 646. The molecule has 0 aliphatic carbocycles. The van der Waals surface area contributed by atoms with Crippen molar-refractivity contribution in [1.82, 2.24) is 14.9 Å². The van der Waals surface area contributed by atoms with Crippen molar-refractivity contribution in [2.45, 2.75) is 20.4 Å². The van der Waals surface area contributed by atoms with Crippen LogP contribution in [0.4, 0.5) is 0 Å². The van der Waals surface area contributed by atoms with Gasteiger partial charge in [0.2, 0.25) is 5.91 Å². The van der Waals surface area contributed by atoms with E-state index >= 15 is 0 Å². The number of fused-ring (bicyclic) bond motifs is 1. The van der Waals surface area contributed by atoms with Crippen LogP contribution in [-0.2, 0) is 11.3 Å². The average Bonchev–Trinajstić information content (AvgIpc) is 2.65. The van der Waals surface area contributed by atoms with Crippen molar-refractivity contribution in [3.63, 3.8) is 0 Å². The van der Waals surface area contributed by atoms with Crippen LogP contribution in [0.25, 0.3) is 11.0 Å². The third-order valence-electron chi connectivity index (χ3n) is 2.91. The van der Waals surface area contributed by atoms with E-state index in [1.807, 2.05) is 17.6 Å². The maximum atomic E-state index is 11.1. The second-order valence-electron chi connectivity index (χ2n) is 4.27. The molecule has 6 heteroatoms. The van der Waals surface area contributed by atoms with Gasteiger partial charge < -0.3 is 15.0 Å². The number of nitrogens with one attached hydrogen (secondary N) is 1. The Balaban J connectivity index is 2.39. The number of imidazole rings is 1. The van der Waals surface area contributed by atoms with Gasteiger partial charge in [0.25, 0.3) is 0 Å². The highest BCUT2D eigenvalue weighted by Gasteiger charge is 2.14. The number of hydrogen-bond acceptors (Lipinski definition) is 3. The number of carbonyl (C=O) groups is 2. The molecule has 19 heavy (non-hydrogen) atoms. The standard InChI is InChI=1S/C13H15N3O3/c1-8-15-12-10(13(18)19)4-3-5-11(12)16(8)7-6-14-9(2)17/h3-5H,6-7H2,1-2H3,(H,14,17)(H,18,19). The minimum Gasteiger partial charge on any atom is -0.478 e. The molecule has 0 aliphatic rings. The largest absolute Gasteiger partial charge is 0.478 e. The fourth-order valence-electron chi connectivity index (χ4n) is 2.06. The van der Waals surface area contributed by atoms with Crippen molar-refractivity contribution in [1.29, 1.82) is 0 Å². The summed E-state index contributed by atoms with van der Waals surface area (Å²) < 4.78 is 1.90. The number of amides is 1. The normalized spacial score (nSPS) is 10.6. The summed E-state index contributed by atoms with van der Waals surface area (Å²) in [7, 11) is 0. The number of benzene rings is 1. The van der Waals surface area contributed by atoms with Gasteiger partial charge in [0, 0.05) is 20.0 Å². The molecule has 0 radical (unpaired) electrons. The number of nitrogens with zero attached hydrogens (tertiary/aromatic N) is 2. The summed E-state index contributed by atoms with van der Waals surface area (Å²) in [5.74, 6) is -0.348. The van der Waals surface area contributed by atoms with Crippen molar-refractivity contribution in [2.75, 3.05) is 6.54 Å². The van der Waals surface area contributed by atoms with Crippen LogP contribution in [0.1, 0.15) is 23.1 Å². The molecule has 2 aromatic rings. The van der Waals surface area contributed by atoms with Crippen LogP contribution in [0.15, 0.2) is 18.2 Å². The first-order chi connectivity index (χ1) is 9.00. The van der Waals surface area contributed by atoms with Crippen LogP contribution in [0.2, 0.25) is 0 Å². The van der Waals surface area contributed by atoms with Gasteiger partial charge in [0.15, 0.2) is 0 Å². The van der Waals surface area contributed by atoms with Gasteiger partial charge >= 0.3 is 5.97 Å². The Morgan fingerprint density at radius 2 is 2.16 bits per heavy atom. The van der Waals surface area contributed by atoms with Gasteiger partial charge in [-0.25, -0.2) is 9.78 Å². The molecular formula is C13H15N3O3. The molecule has 100 valence electrons. The number of carboxylic acid groups (broad SMARTS) is 1. The van der Waals surface area contributed by atoms with Crippen molar-refractivity contribution < 1.29 is 14.7 Å². The number of aryl methyl sites for hydroxylation is 1. The van der Waals surface area contributed by atoms with E-state index < -0.39 is 5.97 Å². The van der Waals surface area contributed by atoms with Gasteiger partial charge in [-0.15, -0.1) is 0 Å². The van der Waals surface area contributed by atoms with Crippen LogP contribution >= 0.6 is 0 Å². The lowest BCUT2D eigenvalue weighted by Crippen LogP contribution is -2.24. The van der Waals surface area contributed by atoms with Gasteiger partial charge in [-0.05, 0) is 19.1 Å². The molecule has 2 N–H and O–H groups in total. The molecule has 0 atom stereocenters. The van der Waals surface area contributed by atoms with E-state index in [0.717, 1.165) is 11.3 Å². The highest BCUT2D eigenvalue weighted by atomic mass is 16.4. The Morgan fingerprint density at radius 1 is 1.42 bits per heavy atom. The van der Waals surface area contributed by atoms with Crippen LogP contribution in [-0.4, -0.2) is 33.1 Å². The Labute approximate surface area is 110 Å². The predicted molar refractivity (Wildman–Crippen MR) is 70.1 cm³/mol. The van der Waals surface area contributed by atoms with E-state index in [-0.39, 0.29) is 11.5 Å². The molecule has 0 spiro atoms. The zero-order chi connectivity index (χ0) is 14.0. The van der Waals surface area contributed by atoms with Crippen molar-refractivity contribution in [3.05, 3.63) is 29.6 Å². The smallest absolute Gasteiger partial charge is 0.337 e. The maximum absolute atomic E-state index is 11.1. The average molecular weight is 261 g/mol. The number of aromatic nitrogens is 2. The molecular weight excluding hydrogens is 246 g/mol. The van der Waals surface area contributed by atoms with E-state index in [1.54, 1.807) is 6.07 Å². The first-order valence-electron chi connectivity index (χ1n) is 5.94. The number of aromatic carboxylic acids is 1. The quantitative estimate of drug-likeness (QED) is 0.865. The van der Waals surface area contributed by atoms with Gasteiger partial charge in [0.05, 0.1) is 11.1 Å². The summed E-state index contributed by atoms with van der Waals surface area (Å²) in [6, 6.07) is 5.06. The Kier molecular flexibility index (Phi) is 3.50. The zero-order valence-electron chi connectivity index (χ0n) is 10.8. The van der Waals surface area contributed by atoms with E-state index in [9.17, 15) is 9.59 Å². The lowest BCUT2D eigenvalue weighted by Gasteiger charge is -2.07. The first-order valence-corrected chi connectivity index (χ1v) is 5.94. The SMILES string of the molecule is CC(=O)NCCn1c(C)nc2c(C(=O)O)cccc21. The van der Waals surface area contributed by atoms with Gasteiger partial charge in [0.1, 0.15) is 11.3 Å². The van der Waals surface area contributed by atoms with E-state index in [2.05, 4.69) is 10.3 Å². The lowest BCUT2D eigenvalue weighted by atomic mass is 10.2. The van der Waals surface area contributed by atoms with Crippen LogP contribution in [0.3, 0.4) is 0 Å². The molecule has 0 saturated heterocycles. The molecule has 0 saturated carbocycles. The van der Waals surface area contributed by atoms with Crippen molar-refractivity contribution in [3.8, 4) is 0 Å². The second kappa shape index (κ2) is 5.09. The van der Waals surface area contributed by atoms with Gasteiger partial charge in [-0.3, -0.25) is 4.79 Å². The fourth-order valence-corrected chi connectivity index (χ4v) is 2.06. The molecule has 1 amide bonds. The van der Waals surface area contributed by atoms with Crippen molar-refractivity contribution >= 4 is 22.9 Å². The predicted octanol–water partition coefficient (Wildman–Crippen LogP) is 1.18. The minimum absolute atomic E-state index is 0.0895. The number of carboxylic acids is 1. The van der Waals surface area contributed by atoms with Crippen LogP contribution < -0.4 is 5.32 Å². The molecule has 6 nitrogen and oxygen atoms in total. The van der Waals surface area contributed by atoms with Gasteiger partial charge in [-0.1, -0.05) is 6.07 Å². The molecule has 0 fully saturated rings. The summed E-state index contributed by atoms with van der Waals surface area (Å²) in [4.78, 5) is 26.3. The Hall–Kier alpha value is -2.37. The molecule has 0 unspecified atom stereocenters. The molecule has 1 aromatic carbocycles. The monoisotopic (exact) mass is 261 g/mol. The summed E-state index contributed by atoms with van der Waals surface area (Å²) in [5.41, 5.74) is 1.44. The van der Waals surface area contributed by atoms with E-state index in [0.29, 0.717) is 18.6 Å². The fraction of sp³-hybridized carbons (Fsp3) is 0.308.